The maximum atomic E-state index is 14.8. The number of aromatic nitrogens is 4. The van der Waals surface area contributed by atoms with Gasteiger partial charge in [0.15, 0.2) is 11.0 Å². The van der Waals surface area contributed by atoms with Gasteiger partial charge in [0.2, 0.25) is 5.13 Å². The number of aryl methyl sites for hydroxylation is 1. The Labute approximate surface area is 185 Å². The number of hydrogen-bond acceptors (Lipinski definition) is 9. The second-order valence-corrected chi connectivity index (χ2v) is 8.17. The summed E-state index contributed by atoms with van der Waals surface area (Å²) < 4.78 is 25.7. The first-order chi connectivity index (χ1) is 14.9. The van der Waals surface area contributed by atoms with E-state index in [4.69, 9.17) is 21.1 Å². The summed E-state index contributed by atoms with van der Waals surface area (Å²) in [6.45, 7) is 1.71. The molecule has 1 aliphatic carbocycles. The average Bonchev–Trinajstić information content (AvgIpc) is 3.15. The van der Waals surface area contributed by atoms with Crippen LogP contribution < -0.4 is 14.8 Å². The van der Waals surface area contributed by atoms with Gasteiger partial charge < -0.3 is 14.6 Å². The van der Waals surface area contributed by atoms with Gasteiger partial charge in [-0.05, 0) is 24.3 Å². The van der Waals surface area contributed by atoms with Gasteiger partial charge >= 0.3 is 0 Å². The zero-order valence-corrected chi connectivity index (χ0v) is 18.0. The molecule has 0 unspecified atom stereocenters. The molecule has 0 saturated heterocycles. The lowest BCUT2D eigenvalue weighted by Crippen LogP contribution is -2.37. The van der Waals surface area contributed by atoms with E-state index >= 15 is 0 Å². The van der Waals surface area contributed by atoms with Crippen LogP contribution in [0.1, 0.15) is 28.9 Å². The van der Waals surface area contributed by atoms with Gasteiger partial charge in [0.1, 0.15) is 11.9 Å². The molecule has 0 bridgehead atoms. The van der Waals surface area contributed by atoms with Crippen LogP contribution in [-0.4, -0.2) is 50.5 Å². The second kappa shape index (κ2) is 8.69. The van der Waals surface area contributed by atoms with E-state index in [1.54, 1.807) is 13.0 Å². The number of aliphatic hydroxyl groups excluding tert-OH is 1. The number of carbonyl (C=O) groups excluding carboxylic acids is 1. The summed E-state index contributed by atoms with van der Waals surface area (Å²) in [4.78, 5) is 20.9. The largest absolute Gasteiger partial charge is 0.494 e. The minimum atomic E-state index is -0.810. The molecule has 0 radical (unpaired) electrons. The number of amides is 1. The van der Waals surface area contributed by atoms with Crippen molar-refractivity contribution in [1.29, 1.82) is 0 Å². The normalized spacial score (nSPS) is 17.7. The Balaban J connectivity index is 1.62. The third-order valence-electron chi connectivity index (χ3n) is 4.68. The summed E-state index contributed by atoms with van der Waals surface area (Å²) >= 11 is 6.90. The molecule has 1 amide bonds. The maximum absolute atomic E-state index is 14.8. The van der Waals surface area contributed by atoms with Crippen LogP contribution in [0.2, 0.25) is 5.15 Å². The summed E-state index contributed by atoms with van der Waals surface area (Å²) in [5, 5.41) is 19.9. The van der Waals surface area contributed by atoms with Gasteiger partial charge in [-0.15, -0.1) is 5.10 Å². The highest BCUT2D eigenvalue weighted by Gasteiger charge is 2.30. The van der Waals surface area contributed by atoms with E-state index in [0.29, 0.717) is 18.5 Å². The van der Waals surface area contributed by atoms with E-state index < -0.39 is 11.7 Å². The Morgan fingerprint density at radius 2 is 2.10 bits per heavy atom. The molecule has 1 fully saturated rings. The number of carbonyl (C=O) groups is 1. The van der Waals surface area contributed by atoms with Crippen LogP contribution in [0.3, 0.4) is 0 Å². The number of rotatable bonds is 6. The van der Waals surface area contributed by atoms with E-state index in [1.807, 2.05) is 0 Å². The Kier molecular flexibility index (Phi) is 5.99. The molecular formula is C19H17ClFN5O4S. The van der Waals surface area contributed by atoms with Crippen molar-refractivity contribution in [2.24, 2.45) is 0 Å². The van der Waals surface area contributed by atoms with Crippen molar-refractivity contribution < 1.29 is 23.8 Å². The molecule has 1 saturated carbocycles. The molecule has 3 aromatic rings. The van der Waals surface area contributed by atoms with E-state index in [9.17, 15) is 14.3 Å². The minimum Gasteiger partial charge on any atom is -0.494 e. The number of halogens is 2. The van der Waals surface area contributed by atoms with Crippen LogP contribution in [0.5, 0.6) is 10.9 Å². The molecule has 3 aromatic heterocycles. The number of nitrogens with zero attached hydrogens (tertiary/aromatic N) is 4. The minimum absolute atomic E-state index is 0.00276. The van der Waals surface area contributed by atoms with Crippen molar-refractivity contribution >= 4 is 34.0 Å². The number of pyridine rings is 2. The topological polar surface area (TPSA) is 119 Å². The Hall–Kier alpha value is -2.89. The fourth-order valence-electron chi connectivity index (χ4n) is 3.05. The number of anilines is 1. The molecule has 2 N–H and O–H groups in total. The second-order valence-electron chi connectivity index (χ2n) is 6.87. The van der Waals surface area contributed by atoms with Crippen molar-refractivity contribution in [2.45, 2.75) is 32.0 Å². The monoisotopic (exact) mass is 465 g/mol. The Bertz CT molecular complexity index is 1140. The van der Waals surface area contributed by atoms with Crippen molar-refractivity contribution in [3.63, 3.8) is 0 Å². The number of ether oxygens (including phenoxy) is 2. The number of aliphatic hydroxyl groups is 1. The molecule has 12 heteroatoms. The van der Waals surface area contributed by atoms with Gasteiger partial charge in [0.05, 0.1) is 30.5 Å². The zero-order chi connectivity index (χ0) is 22.1. The highest BCUT2D eigenvalue weighted by atomic mass is 35.5. The van der Waals surface area contributed by atoms with Crippen LogP contribution >= 0.6 is 22.9 Å². The lowest BCUT2D eigenvalue weighted by atomic mass is 9.92. The highest BCUT2D eigenvalue weighted by Crippen LogP contribution is 2.37. The molecular weight excluding hydrogens is 449 g/mol. The molecule has 31 heavy (non-hydrogen) atoms. The van der Waals surface area contributed by atoms with Gasteiger partial charge in [-0.1, -0.05) is 16.7 Å². The lowest BCUT2D eigenvalue weighted by Gasteiger charge is -2.30. The van der Waals surface area contributed by atoms with E-state index in [2.05, 4.69) is 25.5 Å². The number of hydrogen-bond donors (Lipinski definition) is 2. The van der Waals surface area contributed by atoms with Gasteiger partial charge in [-0.2, -0.15) is 0 Å². The zero-order valence-electron chi connectivity index (χ0n) is 16.4. The van der Waals surface area contributed by atoms with E-state index in [-0.39, 0.29) is 50.1 Å². The molecule has 0 aromatic carbocycles. The molecule has 9 nitrogen and oxygen atoms in total. The summed E-state index contributed by atoms with van der Waals surface area (Å²) in [7, 11) is 1.37. The molecule has 0 atom stereocenters. The molecule has 1 aliphatic rings. The first-order valence-electron chi connectivity index (χ1n) is 9.20. The third kappa shape index (κ3) is 4.43. The Morgan fingerprint density at radius 1 is 1.32 bits per heavy atom. The van der Waals surface area contributed by atoms with Crippen LogP contribution in [0.25, 0.3) is 11.1 Å². The van der Waals surface area contributed by atoms with Gasteiger partial charge in [-0.3, -0.25) is 15.1 Å². The Morgan fingerprint density at radius 3 is 2.81 bits per heavy atom. The van der Waals surface area contributed by atoms with Crippen molar-refractivity contribution in [2.75, 3.05) is 12.4 Å². The van der Waals surface area contributed by atoms with Crippen molar-refractivity contribution in [3.05, 3.63) is 40.7 Å². The van der Waals surface area contributed by atoms with Gasteiger partial charge in [-0.25, -0.2) is 9.37 Å². The van der Waals surface area contributed by atoms with Gasteiger partial charge in [0.25, 0.3) is 11.1 Å². The first kappa shape index (κ1) is 21.3. The lowest BCUT2D eigenvalue weighted by molar-refractivity contribution is -0.0111. The molecule has 162 valence electrons. The first-order valence-corrected chi connectivity index (χ1v) is 10.4. The summed E-state index contributed by atoms with van der Waals surface area (Å²) in [6.07, 6.45) is 3.20. The van der Waals surface area contributed by atoms with E-state index in [1.165, 1.54) is 19.5 Å². The van der Waals surface area contributed by atoms with Crippen LogP contribution in [0, 0.1) is 12.7 Å². The van der Waals surface area contributed by atoms with Crippen molar-refractivity contribution in [3.8, 4) is 22.1 Å². The average molecular weight is 466 g/mol. The quantitative estimate of drug-likeness (QED) is 0.532. The molecule has 0 aliphatic heterocycles. The fourth-order valence-corrected chi connectivity index (χ4v) is 3.85. The van der Waals surface area contributed by atoms with Gasteiger partial charge in [0, 0.05) is 30.3 Å². The summed E-state index contributed by atoms with van der Waals surface area (Å²) in [5.41, 5.74) is 0.899. The highest BCUT2D eigenvalue weighted by molar-refractivity contribution is 7.17. The SMILES string of the molecule is COc1cnc(Cl)c(F)c1-c1cc(C)ncc1C(=O)Nc1nnc(OC2CC(O)C2)s1. The maximum Gasteiger partial charge on any atom is 0.296 e. The smallest absolute Gasteiger partial charge is 0.296 e. The van der Waals surface area contributed by atoms with Crippen molar-refractivity contribution in [1.82, 2.24) is 20.2 Å². The van der Waals surface area contributed by atoms with Crippen LogP contribution in [-0.2, 0) is 0 Å². The summed E-state index contributed by atoms with van der Waals surface area (Å²) in [6, 6.07) is 1.56. The van der Waals surface area contributed by atoms with Crippen LogP contribution in [0.4, 0.5) is 9.52 Å². The molecule has 4 rings (SSSR count). The molecule has 0 spiro atoms. The number of methoxy groups -OCH3 is 1. The molecule has 3 heterocycles. The standard InChI is InChI=1S/C19H17ClFN5O4S/c1-8-3-11(14-13(29-2)7-23-16(20)15(14)21)12(6-22-8)17(28)24-18-25-26-19(31-18)30-10-4-9(27)5-10/h3,6-7,9-10,27H,4-5H2,1-2H3,(H,24,25,28). The summed E-state index contributed by atoms with van der Waals surface area (Å²) in [5.74, 6) is -1.26. The van der Waals surface area contributed by atoms with Crippen LogP contribution in [0.15, 0.2) is 18.5 Å². The fraction of sp³-hybridized carbons (Fsp3) is 0.316. The number of nitrogens with one attached hydrogen (secondary N) is 1. The third-order valence-corrected chi connectivity index (χ3v) is 5.67. The predicted molar refractivity (Wildman–Crippen MR) is 111 cm³/mol. The van der Waals surface area contributed by atoms with E-state index in [0.717, 1.165) is 11.3 Å². The predicted octanol–water partition coefficient (Wildman–Crippen LogP) is 3.26.